The maximum atomic E-state index is 5.79. The fraction of sp³-hybridized carbons (Fsp3) is 0.222. The Balaban J connectivity index is 1.99. The third-order valence-corrected chi connectivity index (χ3v) is 3.10. The molecule has 0 N–H and O–H groups in total. The summed E-state index contributed by atoms with van der Waals surface area (Å²) < 4.78 is 5.79. The Morgan fingerprint density at radius 1 is 1.05 bits per heavy atom. The molecular formula is C18H17ClO. The van der Waals surface area contributed by atoms with Crippen molar-refractivity contribution in [2.75, 3.05) is 5.88 Å². The maximum Gasteiger partial charge on any atom is 0.121 e. The summed E-state index contributed by atoms with van der Waals surface area (Å²) in [4.78, 5) is 0. The summed E-state index contributed by atoms with van der Waals surface area (Å²) in [6.07, 6.45) is 1.06. The summed E-state index contributed by atoms with van der Waals surface area (Å²) in [7, 11) is 0. The smallest absolute Gasteiger partial charge is 0.121 e. The van der Waals surface area contributed by atoms with E-state index in [1.807, 2.05) is 24.3 Å². The van der Waals surface area contributed by atoms with E-state index in [9.17, 15) is 0 Å². The SMILES string of the molecule is CCc1ccc(COc2cccc(C#CCCl)c2)cc1. The van der Waals surface area contributed by atoms with Gasteiger partial charge in [0, 0.05) is 5.56 Å². The largest absolute Gasteiger partial charge is 0.489 e. The van der Waals surface area contributed by atoms with Crippen molar-refractivity contribution in [2.24, 2.45) is 0 Å². The van der Waals surface area contributed by atoms with E-state index in [-0.39, 0.29) is 0 Å². The first-order valence-electron chi connectivity index (χ1n) is 6.67. The molecule has 0 bridgehead atoms. The van der Waals surface area contributed by atoms with Crippen LogP contribution in [0.15, 0.2) is 48.5 Å². The fourth-order valence-electron chi connectivity index (χ4n) is 1.84. The highest BCUT2D eigenvalue weighted by molar-refractivity contribution is 6.19. The van der Waals surface area contributed by atoms with E-state index >= 15 is 0 Å². The molecule has 2 heteroatoms. The molecule has 0 aromatic heterocycles. The van der Waals surface area contributed by atoms with Gasteiger partial charge in [-0.3, -0.25) is 0 Å². The second-order valence-corrected chi connectivity index (χ2v) is 4.69. The lowest BCUT2D eigenvalue weighted by Crippen LogP contribution is -1.95. The van der Waals surface area contributed by atoms with E-state index in [1.54, 1.807) is 0 Å². The molecule has 0 aliphatic heterocycles. The molecule has 2 rings (SSSR count). The molecule has 0 heterocycles. The van der Waals surface area contributed by atoms with Crippen LogP contribution in [-0.4, -0.2) is 5.88 Å². The molecule has 0 radical (unpaired) electrons. The average molecular weight is 285 g/mol. The van der Waals surface area contributed by atoms with E-state index in [4.69, 9.17) is 16.3 Å². The first-order valence-corrected chi connectivity index (χ1v) is 7.21. The summed E-state index contributed by atoms with van der Waals surface area (Å²) in [5.41, 5.74) is 3.43. The van der Waals surface area contributed by atoms with Gasteiger partial charge in [0.15, 0.2) is 0 Å². The molecule has 102 valence electrons. The highest BCUT2D eigenvalue weighted by Crippen LogP contribution is 2.15. The zero-order chi connectivity index (χ0) is 14.2. The van der Waals surface area contributed by atoms with E-state index in [1.165, 1.54) is 11.1 Å². The number of benzene rings is 2. The van der Waals surface area contributed by atoms with Crippen LogP contribution in [0, 0.1) is 11.8 Å². The van der Waals surface area contributed by atoms with Crippen LogP contribution in [0.25, 0.3) is 0 Å². The Kier molecular flexibility index (Phi) is 5.53. The summed E-state index contributed by atoms with van der Waals surface area (Å²) in [5, 5.41) is 0. The number of ether oxygens (including phenoxy) is 1. The highest BCUT2D eigenvalue weighted by atomic mass is 35.5. The summed E-state index contributed by atoms with van der Waals surface area (Å²) >= 11 is 5.55. The lowest BCUT2D eigenvalue weighted by molar-refractivity contribution is 0.306. The molecule has 1 nitrogen and oxygen atoms in total. The van der Waals surface area contributed by atoms with Crippen LogP contribution in [0.3, 0.4) is 0 Å². The van der Waals surface area contributed by atoms with Crippen LogP contribution in [0.2, 0.25) is 0 Å². The van der Waals surface area contributed by atoms with Crippen LogP contribution in [0.5, 0.6) is 5.75 Å². The monoisotopic (exact) mass is 284 g/mol. The van der Waals surface area contributed by atoms with Gasteiger partial charge in [0.1, 0.15) is 12.4 Å². The minimum atomic E-state index is 0.342. The van der Waals surface area contributed by atoms with Gasteiger partial charge in [0.25, 0.3) is 0 Å². The van der Waals surface area contributed by atoms with Crippen LogP contribution < -0.4 is 4.74 Å². The zero-order valence-corrected chi connectivity index (χ0v) is 12.3. The Morgan fingerprint density at radius 2 is 1.80 bits per heavy atom. The van der Waals surface area contributed by atoms with Gasteiger partial charge in [-0.2, -0.15) is 0 Å². The third-order valence-electron chi connectivity index (χ3n) is 2.97. The van der Waals surface area contributed by atoms with E-state index < -0.39 is 0 Å². The Hall–Kier alpha value is -1.91. The van der Waals surface area contributed by atoms with Gasteiger partial charge in [-0.05, 0) is 35.7 Å². The second kappa shape index (κ2) is 7.62. The van der Waals surface area contributed by atoms with Gasteiger partial charge in [-0.1, -0.05) is 49.1 Å². The molecule has 0 saturated carbocycles. The standard InChI is InChI=1S/C18H17ClO/c1-2-15-8-10-17(11-9-15)14-20-18-7-3-5-16(13-18)6-4-12-19/h3,5,7-11,13H,2,12,14H2,1H3. The molecule has 2 aromatic rings. The maximum absolute atomic E-state index is 5.79. The van der Waals surface area contributed by atoms with Gasteiger partial charge in [-0.25, -0.2) is 0 Å². The first-order chi connectivity index (χ1) is 9.81. The predicted molar refractivity (Wildman–Crippen MR) is 84.2 cm³/mol. The minimum Gasteiger partial charge on any atom is -0.489 e. The van der Waals surface area contributed by atoms with E-state index in [0.717, 1.165) is 17.7 Å². The average Bonchev–Trinajstić information content (AvgIpc) is 2.52. The lowest BCUT2D eigenvalue weighted by atomic mass is 10.1. The van der Waals surface area contributed by atoms with Crippen molar-refractivity contribution < 1.29 is 4.74 Å². The summed E-state index contributed by atoms with van der Waals surface area (Å²) in [6, 6.07) is 16.2. The van der Waals surface area contributed by atoms with Crippen molar-refractivity contribution in [3.63, 3.8) is 0 Å². The number of aryl methyl sites for hydroxylation is 1. The van der Waals surface area contributed by atoms with Crippen LogP contribution >= 0.6 is 11.6 Å². The number of rotatable bonds is 4. The Bertz CT molecular complexity index is 605. The van der Waals surface area contributed by atoms with Crippen LogP contribution in [0.1, 0.15) is 23.6 Å². The van der Waals surface area contributed by atoms with Crippen molar-refractivity contribution >= 4 is 11.6 Å². The number of alkyl halides is 1. The molecule has 2 aromatic carbocycles. The van der Waals surface area contributed by atoms with Crippen molar-refractivity contribution in [3.05, 3.63) is 65.2 Å². The van der Waals surface area contributed by atoms with Gasteiger partial charge < -0.3 is 4.74 Å². The van der Waals surface area contributed by atoms with Crippen LogP contribution in [-0.2, 0) is 13.0 Å². The predicted octanol–water partition coefficient (Wildman–Crippen LogP) is 4.42. The third kappa shape index (κ3) is 4.33. The molecule has 0 aliphatic rings. The van der Waals surface area contributed by atoms with Crippen LogP contribution in [0.4, 0.5) is 0 Å². The number of halogens is 1. The van der Waals surface area contributed by atoms with Gasteiger partial charge in [-0.15, -0.1) is 11.6 Å². The van der Waals surface area contributed by atoms with Gasteiger partial charge >= 0.3 is 0 Å². The van der Waals surface area contributed by atoms with Gasteiger partial charge in [0.2, 0.25) is 0 Å². The summed E-state index contributed by atoms with van der Waals surface area (Å²) in [5.74, 6) is 6.99. The summed E-state index contributed by atoms with van der Waals surface area (Å²) in [6.45, 7) is 2.72. The first kappa shape index (κ1) is 14.5. The molecule has 20 heavy (non-hydrogen) atoms. The van der Waals surface area contributed by atoms with Gasteiger partial charge in [0.05, 0.1) is 5.88 Å². The molecule has 0 amide bonds. The molecule has 0 aliphatic carbocycles. The van der Waals surface area contributed by atoms with Crippen molar-refractivity contribution in [3.8, 4) is 17.6 Å². The molecular weight excluding hydrogens is 268 g/mol. The van der Waals surface area contributed by atoms with E-state index in [0.29, 0.717) is 12.5 Å². The number of hydrogen-bond acceptors (Lipinski definition) is 1. The van der Waals surface area contributed by atoms with Crippen molar-refractivity contribution in [2.45, 2.75) is 20.0 Å². The molecule has 0 saturated heterocycles. The molecule has 0 atom stereocenters. The lowest BCUT2D eigenvalue weighted by Gasteiger charge is -2.07. The normalized spacial score (nSPS) is 9.70. The highest BCUT2D eigenvalue weighted by Gasteiger charge is 1.97. The van der Waals surface area contributed by atoms with Crippen molar-refractivity contribution in [1.82, 2.24) is 0 Å². The Morgan fingerprint density at radius 3 is 2.50 bits per heavy atom. The quantitative estimate of drug-likeness (QED) is 0.596. The van der Waals surface area contributed by atoms with Crippen molar-refractivity contribution in [1.29, 1.82) is 0 Å². The Labute approximate surface area is 125 Å². The molecule has 0 fully saturated rings. The van der Waals surface area contributed by atoms with E-state index in [2.05, 4.69) is 43.0 Å². The fourth-order valence-corrected chi connectivity index (χ4v) is 1.90. The second-order valence-electron chi connectivity index (χ2n) is 4.42. The molecule has 0 spiro atoms. The minimum absolute atomic E-state index is 0.342. The zero-order valence-electron chi connectivity index (χ0n) is 11.5. The molecule has 0 unspecified atom stereocenters. The topological polar surface area (TPSA) is 9.23 Å². The number of hydrogen-bond donors (Lipinski definition) is 0.